The molecule has 0 fully saturated rings. The first-order valence-corrected chi connectivity index (χ1v) is 6.36. The highest BCUT2D eigenvalue weighted by molar-refractivity contribution is 7.09. The number of rotatable bonds is 5. The van der Waals surface area contributed by atoms with Crippen molar-refractivity contribution < 1.29 is 4.79 Å². The molecule has 0 unspecified atom stereocenters. The van der Waals surface area contributed by atoms with Crippen molar-refractivity contribution in [1.29, 1.82) is 0 Å². The normalized spacial score (nSPS) is 10.7. The van der Waals surface area contributed by atoms with Gasteiger partial charge >= 0.3 is 0 Å². The first-order valence-electron chi connectivity index (χ1n) is 5.48. The van der Waals surface area contributed by atoms with Crippen LogP contribution >= 0.6 is 11.3 Å². The lowest BCUT2D eigenvalue weighted by molar-refractivity contribution is -0.118. The molecule has 2 rings (SSSR count). The lowest BCUT2D eigenvalue weighted by Crippen LogP contribution is -2.12. The van der Waals surface area contributed by atoms with Crippen LogP contribution in [0.4, 0.5) is 0 Å². The summed E-state index contributed by atoms with van der Waals surface area (Å²) in [7, 11) is 0. The van der Waals surface area contributed by atoms with E-state index in [1.165, 1.54) is 6.33 Å². The molecule has 90 valence electrons. The van der Waals surface area contributed by atoms with E-state index in [0.717, 1.165) is 23.1 Å². The van der Waals surface area contributed by atoms with E-state index in [-0.39, 0.29) is 5.78 Å². The predicted molar refractivity (Wildman–Crippen MR) is 65.0 cm³/mol. The van der Waals surface area contributed by atoms with E-state index in [1.54, 1.807) is 16.0 Å². The van der Waals surface area contributed by atoms with Gasteiger partial charge in [-0.3, -0.25) is 4.79 Å². The second-order valence-electron chi connectivity index (χ2n) is 3.74. The summed E-state index contributed by atoms with van der Waals surface area (Å²) in [4.78, 5) is 20.2. The zero-order chi connectivity index (χ0) is 12.3. The maximum atomic E-state index is 11.8. The van der Waals surface area contributed by atoms with Gasteiger partial charge in [0.25, 0.3) is 0 Å². The lowest BCUT2D eigenvalue weighted by Gasteiger charge is -2.01. The van der Waals surface area contributed by atoms with Crippen molar-refractivity contribution in [2.45, 2.75) is 33.2 Å². The first kappa shape index (κ1) is 11.9. The van der Waals surface area contributed by atoms with Crippen molar-refractivity contribution in [2.75, 3.05) is 0 Å². The van der Waals surface area contributed by atoms with Gasteiger partial charge in [-0.05, 0) is 13.8 Å². The number of aromatic nitrogens is 4. The summed E-state index contributed by atoms with van der Waals surface area (Å²) in [6.45, 7) is 4.65. The van der Waals surface area contributed by atoms with Crippen molar-refractivity contribution in [3.05, 3.63) is 28.2 Å². The maximum Gasteiger partial charge on any atom is 0.146 e. The van der Waals surface area contributed by atoms with Crippen LogP contribution in [0, 0.1) is 6.92 Å². The van der Waals surface area contributed by atoms with Crippen molar-refractivity contribution in [2.24, 2.45) is 0 Å². The Kier molecular flexibility index (Phi) is 3.63. The topological polar surface area (TPSA) is 60.7 Å². The Morgan fingerprint density at radius 3 is 2.94 bits per heavy atom. The number of aryl methyl sites for hydroxylation is 2. The number of Topliss-reactive ketones (excluding diaryl/α,β-unsaturated/α-hetero) is 1. The van der Waals surface area contributed by atoms with E-state index in [9.17, 15) is 4.79 Å². The standard InChI is InChI=1S/C11H14N4OS/c1-3-15-11(12-7-13-15)5-10(16)4-9-6-17-8(2)14-9/h6-7H,3-5H2,1-2H3. The van der Waals surface area contributed by atoms with Gasteiger partial charge in [-0.15, -0.1) is 11.3 Å². The SMILES string of the molecule is CCn1ncnc1CC(=O)Cc1csc(C)n1. The van der Waals surface area contributed by atoms with E-state index in [1.807, 2.05) is 19.2 Å². The summed E-state index contributed by atoms with van der Waals surface area (Å²) >= 11 is 1.57. The Labute approximate surface area is 104 Å². The van der Waals surface area contributed by atoms with Crippen molar-refractivity contribution >= 4 is 17.1 Å². The van der Waals surface area contributed by atoms with Crippen LogP contribution in [0.25, 0.3) is 0 Å². The van der Waals surface area contributed by atoms with Gasteiger partial charge in [0.1, 0.15) is 17.9 Å². The molecular formula is C11H14N4OS. The molecule has 0 aliphatic heterocycles. The number of hydrogen-bond donors (Lipinski definition) is 0. The quantitative estimate of drug-likeness (QED) is 0.805. The summed E-state index contributed by atoms with van der Waals surface area (Å²) < 4.78 is 1.74. The third-order valence-electron chi connectivity index (χ3n) is 2.40. The predicted octanol–water partition coefficient (Wildman–Crippen LogP) is 1.42. The van der Waals surface area contributed by atoms with E-state index < -0.39 is 0 Å². The van der Waals surface area contributed by atoms with E-state index >= 15 is 0 Å². The molecule has 2 heterocycles. The smallest absolute Gasteiger partial charge is 0.146 e. The minimum atomic E-state index is 0.123. The van der Waals surface area contributed by atoms with Crippen LogP contribution < -0.4 is 0 Å². The highest BCUT2D eigenvalue weighted by Gasteiger charge is 2.11. The van der Waals surface area contributed by atoms with Crippen LogP contribution in [0.15, 0.2) is 11.7 Å². The lowest BCUT2D eigenvalue weighted by atomic mass is 10.2. The number of carbonyl (C=O) groups excluding carboxylic acids is 1. The Morgan fingerprint density at radius 2 is 2.29 bits per heavy atom. The van der Waals surface area contributed by atoms with Crippen LogP contribution in [0.3, 0.4) is 0 Å². The zero-order valence-electron chi connectivity index (χ0n) is 9.88. The Hall–Kier alpha value is -1.56. The summed E-state index contributed by atoms with van der Waals surface area (Å²) in [5, 5.41) is 6.96. The molecule has 0 saturated carbocycles. The minimum Gasteiger partial charge on any atom is -0.299 e. The van der Waals surface area contributed by atoms with E-state index in [0.29, 0.717) is 12.8 Å². The van der Waals surface area contributed by atoms with Gasteiger partial charge < -0.3 is 0 Å². The Morgan fingerprint density at radius 1 is 1.47 bits per heavy atom. The van der Waals surface area contributed by atoms with Crippen molar-refractivity contribution in [3.63, 3.8) is 0 Å². The molecule has 0 spiro atoms. The summed E-state index contributed by atoms with van der Waals surface area (Å²) in [5.74, 6) is 0.849. The summed E-state index contributed by atoms with van der Waals surface area (Å²) in [6, 6.07) is 0. The number of hydrogen-bond acceptors (Lipinski definition) is 5. The monoisotopic (exact) mass is 250 g/mol. The molecule has 0 bridgehead atoms. The van der Waals surface area contributed by atoms with Crippen molar-refractivity contribution in [1.82, 2.24) is 19.7 Å². The van der Waals surface area contributed by atoms with Gasteiger partial charge in [0.15, 0.2) is 0 Å². The van der Waals surface area contributed by atoms with Crippen LogP contribution in [0.1, 0.15) is 23.4 Å². The van der Waals surface area contributed by atoms with Gasteiger partial charge in [-0.25, -0.2) is 14.6 Å². The number of nitrogens with zero attached hydrogens (tertiary/aromatic N) is 4. The van der Waals surface area contributed by atoms with Gasteiger partial charge in [0, 0.05) is 18.3 Å². The number of ketones is 1. The zero-order valence-corrected chi connectivity index (χ0v) is 10.7. The maximum absolute atomic E-state index is 11.8. The second-order valence-corrected chi connectivity index (χ2v) is 4.80. The number of carbonyl (C=O) groups is 1. The summed E-state index contributed by atoms with van der Waals surface area (Å²) in [6.07, 6.45) is 2.18. The molecule has 0 radical (unpaired) electrons. The molecule has 2 aromatic heterocycles. The van der Waals surface area contributed by atoms with Gasteiger partial charge in [0.2, 0.25) is 0 Å². The second kappa shape index (κ2) is 5.18. The third-order valence-corrected chi connectivity index (χ3v) is 3.22. The molecule has 0 aromatic carbocycles. The van der Waals surface area contributed by atoms with Gasteiger partial charge in [-0.1, -0.05) is 0 Å². The van der Waals surface area contributed by atoms with Crippen LogP contribution in [-0.4, -0.2) is 25.5 Å². The fourth-order valence-corrected chi connectivity index (χ4v) is 2.23. The van der Waals surface area contributed by atoms with Crippen LogP contribution in [-0.2, 0) is 24.2 Å². The van der Waals surface area contributed by atoms with Gasteiger partial charge in [0.05, 0.1) is 17.1 Å². The molecule has 0 saturated heterocycles. The minimum absolute atomic E-state index is 0.123. The molecule has 0 aliphatic rings. The fourth-order valence-electron chi connectivity index (χ4n) is 1.62. The highest BCUT2D eigenvalue weighted by atomic mass is 32.1. The highest BCUT2D eigenvalue weighted by Crippen LogP contribution is 2.09. The Balaban J connectivity index is 1.98. The average Bonchev–Trinajstić information content (AvgIpc) is 2.87. The average molecular weight is 250 g/mol. The molecule has 0 aliphatic carbocycles. The van der Waals surface area contributed by atoms with Crippen LogP contribution in [0.5, 0.6) is 0 Å². The molecule has 17 heavy (non-hydrogen) atoms. The van der Waals surface area contributed by atoms with E-state index in [4.69, 9.17) is 0 Å². The molecular weight excluding hydrogens is 236 g/mol. The molecule has 0 atom stereocenters. The molecule has 0 N–H and O–H groups in total. The van der Waals surface area contributed by atoms with Gasteiger partial charge in [-0.2, -0.15) is 5.10 Å². The Bertz CT molecular complexity index is 517. The molecule has 2 aromatic rings. The van der Waals surface area contributed by atoms with E-state index in [2.05, 4.69) is 15.1 Å². The number of thiazole rings is 1. The molecule has 0 amide bonds. The summed E-state index contributed by atoms with van der Waals surface area (Å²) in [5.41, 5.74) is 0.847. The molecule has 6 heteroatoms. The largest absolute Gasteiger partial charge is 0.299 e. The molecule has 5 nitrogen and oxygen atoms in total. The third kappa shape index (κ3) is 2.97. The fraction of sp³-hybridized carbons (Fsp3) is 0.455. The van der Waals surface area contributed by atoms with Crippen molar-refractivity contribution in [3.8, 4) is 0 Å². The van der Waals surface area contributed by atoms with Crippen LogP contribution in [0.2, 0.25) is 0 Å². The first-order chi connectivity index (χ1) is 8.19.